The highest BCUT2D eigenvalue weighted by molar-refractivity contribution is 6.09. The topological polar surface area (TPSA) is 40.5 Å². The van der Waals surface area contributed by atoms with E-state index in [4.69, 9.17) is 0 Å². The summed E-state index contributed by atoms with van der Waals surface area (Å²) < 4.78 is 0. The van der Waals surface area contributed by atoms with E-state index in [0.717, 1.165) is 16.7 Å². The summed E-state index contributed by atoms with van der Waals surface area (Å²) >= 11 is 0. The van der Waals surface area contributed by atoms with Crippen molar-refractivity contribution < 1.29 is 9.90 Å². The second-order valence-electron chi connectivity index (χ2n) is 8.32. The van der Waals surface area contributed by atoms with E-state index in [1.165, 1.54) is 0 Å². The maximum atomic E-state index is 14.3. The molecule has 3 heteroatoms. The number of nitrogens with zero attached hydrogens (tertiary/aromatic N) is 1. The number of aliphatic hydroxyl groups is 1. The molecule has 5 rings (SSSR count). The Hall–Kier alpha value is -3.95. The van der Waals surface area contributed by atoms with E-state index in [-0.39, 0.29) is 12.3 Å². The number of amides is 1. The minimum atomic E-state index is -1.68. The first kappa shape index (κ1) is 20.9. The van der Waals surface area contributed by atoms with E-state index >= 15 is 0 Å². The van der Waals surface area contributed by atoms with Crippen LogP contribution in [0.15, 0.2) is 128 Å². The molecule has 1 aliphatic heterocycles. The number of para-hydroxylation sites is 1. The van der Waals surface area contributed by atoms with E-state index in [2.05, 4.69) is 6.58 Å². The van der Waals surface area contributed by atoms with E-state index in [1.807, 2.05) is 115 Å². The second-order valence-corrected chi connectivity index (χ2v) is 8.32. The first-order valence-corrected chi connectivity index (χ1v) is 11.1. The third-order valence-corrected chi connectivity index (χ3v) is 6.50. The normalized spacial score (nSPS) is 17.6. The molecule has 1 atom stereocenters. The van der Waals surface area contributed by atoms with Crippen molar-refractivity contribution in [2.24, 2.45) is 0 Å². The number of anilines is 1. The van der Waals surface area contributed by atoms with E-state index in [9.17, 15) is 9.90 Å². The van der Waals surface area contributed by atoms with Crippen LogP contribution in [0.25, 0.3) is 0 Å². The Balaban J connectivity index is 1.92. The zero-order valence-electron chi connectivity index (χ0n) is 18.3. The zero-order chi connectivity index (χ0) is 22.9. The van der Waals surface area contributed by atoms with Crippen molar-refractivity contribution in [3.05, 3.63) is 150 Å². The van der Waals surface area contributed by atoms with Gasteiger partial charge in [-0.3, -0.25) is 9.69 Å². The van der Waals surface area contributed by atoms with Crippen molar-refractivity contribution in [3.63, 3.8) is 0 Å². The van der Waals surface area contributed by atoms with Crippen LogP contribution in [0.1, 0.15) is 28.7 Å². The molecule has 4 aromatic rings. The van der Waals surface area contributed by atoms with Gasteiger partial charge in [0, 0.05) is 12.0 Å². The Kier molecular flexibility index (Phi) is 5.20. The van der Waals surface area contributed by atoms with Gasteiger partial charge in [0.2, 0.25) is 0 Å². The van der Waals surface area contributed by atoms with Gasteiger partial charge in [0.1, 0.15) is 5.54 Å². The summed E-state index contributed by atoms with van der Waals surface area (Å²) in [5.41, 5.74) is 1.45. The molecule has 0 bridgehead atoms. The summed E-state index contributed by atoms with van der Waals surface area (Å²) in [6, 6.07) is 37.6. The van der Waals surface area contributed by atoms with Crippen molar-refractivity contribution in [3.8, 4) is 0 Å². The molecule has 0 aromatic heterocycles. The summed E-state index contributed by atoms with van der Waals surface area (Å²) in [4.78, 5) is 16.1. The van der Waals surface area contributed by atoms with Crippen LogP contribution in [-0.4, -0.2) is 11.0 Å². The number of hydrogen-bond acceptors (Lipinski definition) is 2. The smallest absolute Gasteiger partial charge is 0.265 e. The van der Waals surface area contributed by atoms with Crippen LogP contribution in [-0.2, 0) is 15.9 Å². The standard InChI is InChI=1S/C30H25NO2/c1-2-22-29(33)26-20-12-13-21-27(26)31(28(29)32)30(23-14-6-3-7-15-23,24-16-8-4-9-17-24)25-18-10-5-11-19-25/h2-21,33H,1,22H2. The highest BCUT2D eigenvalue weighted by Gasteiger charge is 2.57. The second kappa shape index (κ2) is 8.19. The molecule has 1 N–H and O–H groups in total. The van der Waals surface area contributed by atoms with Gasteiger partial charge in [-0.05, 0) is 22.8 Å². The summed E-state index contributed by atoms with van der Waals surface area (Å²) in [5.74, 6) is -0.361. The number of fused-ring (bicyclic) bond motifs is 1. The average Bonchev–Trinajstić information content (AvgIpc) is 3.09. The predicted octanol–water partition coefficient (Wildman–Crippen LogP) is 5.79. The van der Waals surface area contributed by atoms with E-state index in [0.29, 0.717) is 11.3 Å². The zero-order valence-corrected chi connectivity index (χ0v) is 18.3. The third-order valence-electron chi connectivity index (χ3n) is 6.50. The average molecular weight is 432 g/mol. The number of carbonyl (C=O) groups excluding carboxylic acids is 1. The lowest BCUT2D eigenvalue weighted by atomic mass is 9.75. The third kappa shape index (κ3) is 3.05. The number of hydrogen-bond donors (Lipinski definition) is 1. The number of benzene rings is 4. The van der Waals surface area contributed by atoms with Gasteiger partial charge in [0.25, 0.3) is 5.91 Å². The lowest BCUT2D eigenvalue weighted by molar-refractivity contribution is -0.136. The van der Waals surface area contributed by atoms with Crippen LogP contribution in [0.2, 0.25) is 0 Å². The Morgan fingerprint density at radius 3 is 1.61 bits per heavy atom. The molecular weight excluding hydrogens is 406 g/mol. The molecule has 0 radical (unpaired) electrons. The largest absolute Gasteiger partial charge is 0.375 e. The van der Waals surface area contributed by atoms with Crippen LogP contribution < -0.4 is 4.90 Å². The van der Waals surface area contributed by atoms with Gasteiger partial charge in [-0.25, -0.2) is 0 Å². The van der Waals surface area contributed by atoms with Crippen molar-refractivity contribution >= 4 is 11.6 Å². The minimum absolute atomic E-state index is 0.133. The van der Waals surface area contributed by atoms with Gasteiger partial charge >= 0.3 is 0 Å². The van der Waals surface area contributed by atoms with Crippen molar-refractivity contribution in [2.75, 3.05) is 4.90 Å². The molecule has 0 aliphatic carbocycles. The van der Waals surface area contributed by atoms with E-state index < -0.39 is 11.1 Å². The summed E-state index contributed by atoms with van der Waals surface area (Å²) in [6.45, 7) is 3.81. The van der Waals surface area contributed by atoms with Gasteiger partial charge in [-0.2, -0.15) is 0 Å². The summed E-state index contributed by atoms with van der Waals surface area (Å²) in [7, 11) is 0. The Bertz CT molecular complexity index is 1190. The van der Waals surface area contributed by atoms with Crippen molar-refractivity contribution in [1.29, 1.82) is 0 Å². The molecule has 1 amide bonds. The Morgan fingerprint density at radius 2 is 1.15 bits per heavy atom. The SMILES string of the molecule is C=CCC1(O)C(=O)N(C(c2ccccc2)(c2ccccc2)c2ccccc2)c2ccccc21. The molecule has 4 aromatic carbocycles. The maximum Gasteiger partial charge on any atom is 0.265 e. The molecule has 3 nitrogen and oxygen atoms in total. The van der Waals surface area contributed by atoms with Crippen molar-refractivity contribution in [1.82, 2.24) is 0 Å². The first-order valence-electron chi connectivity index (χ1n) is 11.1. The number of rotatable bonds is 6. The lowest BCUT2D eigenvalue weighted by Gasteiger charge is -2.44. The summed E-state index contributed by atoms with van der Waals surface area (Å²) in [6.07, 6.45) is 1.74. The van der Waals surface area contributed by atoms with Crippen LogP contribution in [0.4, 0.5) is 5.69 Å². The van der Waals surface area contributed by atoms with E-state index in [1.54, 1.807) is 11.0 Å². The van der Waals surface area contributed by atoms with Gasteiger partial charge in [-0.15, -0.1) is 6.58 Å². The molecule has 0 spiro atoms. The highest BCUT2D eigenvalue weighted by atomic mass is 16.3. The van der Waals surface area contributed by atoms with Gasteiger partial charge in [0.05, 0.1) is 5.69 Å². The number of carbonyl (C=O) groups is 1. The molecule has 1 unspecified atom stereocenters. The molecular formula is C30H25NO2. The van der Waals surface area contributed by atoms with Crippen LogP contribution in [0.5, 0.6) is 0 Å². The molecule has 1 heterocycles. The fraction of sp³-hybridized carbons (Fsp3) is 0.100. The van der Waals surface area contributed by atoms with Gasteiger partial charge in [-0.1, -0.05) is 115 Å². The highest BCUT2D eigenvalue weighted by Crippen LogP contribution is 2.52. The monoisotopic (exact) mass is 431 g/mol. The minimum Gasteiger partial charge on any atom is -0.375 e. The molecule has 0 saturated heterocycles. The predicted molar refractivity (Wildman–Crippen MR) is 132 cm³/mol. The Morgan fingerprint density at radius 1 is 0.727 bits per heavy atom. The van der Waals surface area contributed by atoms with Gasteiger partial charge < -0.3 is 5.11 Å². The molecule has 0 fully saturated rings. The fourth-order valence-corrected chi connectivity index (χ4v) is 5.09. The lowest BCUT2D eigenvalue weighted by Crippen LogP contribution is -2.53. The molecule has 33 heavy (non-hydrogen) atoms. The molecule has 0 saturated carbocycles. The van der Waals surface area contributed by atoms with Crippen LogP contribution in [0, 0.1) is 0 Å². The summed E-state index contributed by atoms with van der Waals surface area (Å²) in [5, 5.41) is 11.7. The maximum absolute atomic E-state index is 14.3. The first-order chi connectivity index (χ1) is 16.1. The Labute approximate surface area is 194 Å². The molecule has 1 aliphatic rings. The van der Waals surface area contributed by atoms with Crippen LogP contribution in [0.3, 0.4) is 0 Å². The van der Waals surface area contributed by atoms with Gasteiger partial charge in [0.15, 0.2) is 5.60 Å². The van der Waals surface area contributed by atoms with Crippen LogP contribution >= 0.6 is 0 Å². The molecule has 162 valence electrons. The van der Waals surface area contributed by atoms with Crippen molar-refractivity contribution in [2.45, 2.75) is 17.6 Å². The quantitative estimate of drug-likeness (QED) is 0.310. The fourth-order valence-electron chi connectivity index (χ4n) is 5.09.